The van der Waals surface area contributed by atoms with E-state index < -0.39 is 84.1 Å². The van der Waals surface area contributed by atoms with Crippen LogP contribution in [0.2, 0.25) is 0 Å². The lowest BCUT2D eigenvalue weighted by Gasteiger charge is -2.18. The van der Waals surface area contributed by atoms with E-state index in [-0.39, 0.29) is 32.7 Å². The van der Waals surface area contributed by atoms with Gasteiger partial charge in [0.05, 0.1) is 17.8 Å². The molecule has 200 valence electrons. The molecule has 0 saturated carbocycles. The van der Waals surface area contributed by atoms with Gasteiger partial charge < -0.3 is 4.42 Å². The first-order chi connectivity index (χ1) is 26.7. The molecule has 43 heavy (non-hydrogen) atoms. The zero-order valence-electron chi connectivity index (χ0n) is 35.4. The minimum absolute atomic E-state index is 0.0500. The van der Waals surface area contributed by atoms with Crippen LogP contribution in [0.4, 0.5) is 0 Å². The third kappa shape index (κ3) is 3.65. The highest BCUT2D eigenvalue weighted by Crippen LogP contribution is 2.47. The van der Waals surface area contributed by atoms with Gasteiger partial charge in [0.1, 0.15) is 11.2 Å². The zero-order valence-corrected chi connectivity index (χ0v) is 22.4. The highest BCUT2D eigenvalue weighted by atomic mass is 16.3. The van der Waals surface area contributed by atoms with Crippen LogP contribution < -0.4 is 0 Å². The number of hydrogen-bond acceptors (Lipinski definition) is 1. The molecule has 1 aromatic heterocycles. The van der Waals surface area contributed by atoms with Crippen molar-refractivity contribution >= 4 is 54.3 Å². The molecule has 0 atom stereocenters. The van der Waals surface area contributed by atoms with Crippen molar-refractivity contribution in [2.45, 2.75) is 0 Å². The molecule has 9 aromatic rings. The van der Waals surface area contributed by atoms with Gasteiger partial charge in [-0.15, -0.1) is 0 Å². The van der Waals surface area contributed by atoms with Crippen molar-refractivity contribution in [2.24, 2.45) is 0 Å². The standard InChI is InChI=1S/C42H26O/c1-2-13-28(14-3-1)40-32-17-6-8-19-34(32)41(35-20-9-7-18-33(35)40)36-22-11-23-39-42(36)37-26-29(24-25-38(37)43-39)31-21-10-15-27-12-4-5-16-30(27)31/h1-26H/i1D,2D,3D,6D,7D,8D,9D,13D,14D,17D,18D,19D,20D. The molecule has 9 rings (SSSR count). The van der Waals surface area contributed by atoms with Crippen molar-refractivity contribution in [3.8, 4) is 33.4 Å². The Labute approximate surface area is 267 Å². The Hall–Kier alpha value is -5.66. The fourth-order valence-corrected chi connectivity index (χ4v) is 6.20. The second kappa shape index (κ2) is 9.44. The van der Waals surface area contributed by atoms with Gasteiger partial charge in [-0.05, 0) is 83.9 Å². The molecule has 0 fully saturated rings. The lowest BCUT2D eigenvalue weighted by atomic mass is 9.85. The van der Waals surface area contributed by atoms with Crippen LogP contribution in [0.3, 0.4) is 0 Å². The summed E-state index contributed by atoms with van der Waals surface area (Å²) >= 11 is 0. The third-order valence-electron chi connectivity index (χ3n) is 7.99. The third-order valence-corrected chi connectivity index (χ3v) is 7.99. The van der Waals surface area contributed by atoms with Crippen LogP contribution in [0.15, 0.2) is 162 Å². The van der Waals surface area contributed by atoms with Crippen LogP contribution in [0.1, 0.15) is 17.8 Å². The smallest absolute Gasteiger partial charge is 0.136 e. The Morgan fingerprint density at radius 3 is 1.81 bits per heavy atom. The molecule has 0 amide bonds. The van der Waals surface area contributed by atoms with Crippen molar-refractivity contribution in [3.63, 3.8) is 0 Å². The fourth-order valence-electron chi connectivity index (χ4n) is 6.20. The first kappa shape index (κ1) is 14.5. The molecule has 0 unspecified atom stereocenters. The number of hydrogen-bond donors (Lipinski definition) is 0. The van der Waals surface area contributed by atoms with Crippen molar-refractivity contribution in [3.05, 3.63) is 157 Å². The maximum Gasteiger partial charge on any atom is 0.136 e. The molecule has 0 N–H and O–H groups in total. The van der Waals surface area contributed by atoms with Gasteiger partial charge in [-0.3, -0.25) is 0 Å². The first-order valence-corrected chi connectivity index (χ1v) is 13.7. The van der Waals surface area contributed by atoms with Crippen LogP contribution in [-0.2, 0) is 0 Å². The van der Waals surface area contributed by atoms with Crippen LogP contribution in [0.5, 0.6) is 0 Å². The average Bonchev–Trinajstić information content (AvgIpc) is 3.59. The maximum absolute atomic E-state index is 9.35. The van der Waals surface area contributed by atoms with Crippen molar-refractivity contribution in [1.29, 1.82) is 0 Å². The molecule has 0 aliphatic heterocycles. The fraction of sp³-hybridized carbons (Fsp3) is 0. The van der Waals surface area contributed by atoms with Gasteiger partial charge in [0.2, 0.25) is 0 Å². The molecule has 1 heterocycles. The number of benzene rings is 8. The minimum atomic E-state index is -0.718. The number of rotatable bonds is 3. The predicted octanol–water partition coefficient (Wildman–Crippen LogP) is 12.0. The average molecular weight is 560 g/mol. The summed E-state index contributed by atoms with van der Waals surface area (Å²) in [7, 11) is 0. The summed E-state index contributed by atoms with van der Waals surface area (Å²) in [6, 6.07) is 16.4. The quantitative estimate of drug-likeness (QED) is 0.196. The zero-order chi connectivity index (χ0) is 39.6. The highest BCUT2D eigenvalue weighted by molar-refractivity contribution is 6.25. The van der Waals surface area contributed by atoms with Crippen molar-refractivity contribution in [1.82, 2.24) is 0 Å². The van der Waals surface area contributed by atoms with Gasteiger partial charge in [-0.25, -0.2) is 0 Å². The van der Waals surface area contributed by atoms with E-state index in [0.717, 1.165) is 21.9 Å². The van der Waals surface area contributed by atoms with Gasteiger partial charge in [-0.2, -0.15) is 0 Å². The Morgan fingerprint density at radius 2 is 1.05 bits per heavy atom. The Morgan fingerprint density at radius 1 is 0.419 bits per heavy atom. The summed E-state index contributed by atoms with van der Waals surface area (Å²) in [6.45, 7) is 0. The second-order valence-electron chi connectivity index (χ2n) is 10.3. The maximum atomic E-state index is 9.35. The minimum Gasteiger partial charge on any atom is -0.456 e. The Bertz CT molecular complexity index is 3130. The SMILES string of the molecule is [2H]c1c([2H])c([2H])c(-c2c3c([2H])c([2H])c([2H])c([2H])c3c(-c3cccc4oc5ccc(-c6cccc7ccccc67)cc5c34)c3c([2H])c([2H])c([2H])c([2H])c23)c([2H])c1[2H]. The van der Waals surface area contributed by atoms with Crippen LogP contribution in [0.25, 0.3) is 87.6 Å². The number of fused-ring (bicyclic) bond motifs is 6. The largest absolute Gasteiger partial charge is 0.456 e. The van der Waals surface area contributed by atoms with Gasteiger partial charge in [0.15, 0.2) is 0 Å². The summed E-state index contributed by atoms with van der Waals surface area (Å²) < 4.78 is 122. The van der Waals surface area contributed by atoms with Gasteiger partial charge in [-0.1, -0.05) is 139 Å². The first-order valence-electron chi connectivity index (χ1n) is 20.2. The summed E-state index contributed by atoms with van der Waals surface area (Å²) in [5.41, 5.74) is 2.34. The second-order valence-corrected chi connectivity index (χ2v) is 10.3. The molecule has 0 saturated heterocycles. The van der Waals surface area contributed by atoms with Crippen LogP contribution in [0, 0.1) is 0 Å². The van der Waals surface area contributed by atoms with E-state index in [0.29, 0.717) is 27.5 Å². The summed E-state index contributed by atoms with van der Waals surface area (Å²) in [6.07, 6.45) is 0. The van der Waals surface area contributed by atoms with E-state index in [1.165, 1.54) is 0 Å². The predicted molar refractivity (Wildman–Crippen MR) is 183 cm³/mol. The van der Waals surface area contributed by atoms with Crippen LogP contribution >= 0.6 is 0 Å². The van der Waals surface area contributed by atoms with E-state index in [4.69, 9.17) is 16.8 Å². The molecule has 0 aliphatic rings. The molecule has 0 bridgehead atoms. The Kier molecular flexibility index (Phi) is 3.18. The van der Waals surface area contributed by atoms with E-state index >= 15 is 0 Å². The van der Waals surface area contributed by atoms with Crippen molar-refractivity contribution in [2.75, 3.05) is 0 Å². The molecular weight excluding hydrogens is 520 g/mol. The van der Waals surface area contributed by atoms with Crippen molar-refractivity contribution < 1.29 is 22.2 Å². The summed E-state index contributed by atoms with van der Waals surface area (Å²) in [5, 5.41) is 2.40. The van der Waals surface area contributed by atoms with E-state index in [9.17, 15) is 5.48 Å². The normalized spacial score (nSPS) is 16.0. The van der Waals surface area contributed by atoms with E-state index in [1.807, 2.05) is 60.7 Å². The van der Waals surface area contributed by atoms with Crippen LogP contribution in [-0.4, -0.2) is 0 Å². The summed E-state index contributed by atoms with van der Waals surface area (Å²) in [4.78, 5) is 0. The molecule has 8 aromatic carbocycles. The van der Waals surface area contributed by atoms with Gasteiger partial charge in [0, 0.05) is 10.8 Å². The number of furan rings is 1. The molecule has 1 heteroatoms. The lowest BCUT2D eigenvalue weighted by molar-refractivity contribution is 0.669. The van der Waals surface area contributed by atoms with Gasteiger partial charge >= 0.3 is 0 Å². The molecule has 1 nitrogen and oxygen atoms in total. The topological polar surface area (TPSA) is 13.1 Å². The highest BCUT2D eigenvalue weighted by Gasteiger charge is 2.20. The lowest BCUT2D eigenvalue weighted by Crippen LogP contribution is -1.91. The molecule has 0 spiro atoms. The van der Waals surface area contributed by atoms with E-state index in [1.54, 1.807) is 18.2 Å². The van der Waals surface area contributed by atoms with Gasteiger partial charge in [0.25, 0.3) is 0 Å². The molecule has 0 radical (unpaired) electrons. The molecule has 0 aliphatic carbocycles. The molecular formula is C42H26O. The summed E-state index contributed by atoms with van der Waals surface area (Å²) in [5.74, 6) is 0. The van der Waals surface area contributed by atoms with E-state index in [2.05, 4.69) is 0 Å². The monoisotopic (exact) mass is 559 g/mol. The Balaban J connectivity index is 1.54.